The van der Waals surface area contributed by atoms with E-state index in [2.05, 4.69) is 32.9 Å². The molecule has 0 aromatic carbocycles. The molecule has 0 aliphatic carbocycles. The van der Waals surface area contributed by atoms with E-state index in [9.17, 15) is 0 Å². The average Bonchev–Trinajstić information content (AvgIpc) is 3.13. The fraction of sp³-hybridized carbons (Fsp3) is 0.625. The molecule has 0 spiro atoms. The third-order valence-corrected chi connectivity index (χ3v) is 5.06. The standard InChI is InChI=1S/C16H23N5/c1-20-13-4-2-8-18-15(13)19-16(20)14-5-3-11-21(14)12-6-9-17-10-7-12/h2,4,8,12,14,17H,3,5-7,9-11H2,1H3. The van der Waals surface area contributed by atoms with Crippen LogP contribution in [0, 0.1) is 0 Å². The third kappa shape index (κ3) is 2.24. The smallest absolute Gasteiger partial charge is 0.177 e. The number of piperidine rings is 1. The van der Waals surface area contributed by atoms with Crippen LogP contribution in [0.2, 0.25) is 0 Å². The SMILES string of the molecule is Cn1c(C2CCCN2C2CCNCC2)nc2ncccc21. The van der Waals surface area contributed by atoms with E-state index in [4.69, 9.17) is 4.98 Å². The van der Waals surface area contributed by atoms with Crippen molar-refractivity contribution in [3.05, 3.63) is 24.2 Å². The van der Waals surface area contributed by atoms with E-state index in [-0.39, 0.29) is 0 Å². The second-order valence-corrected chi connectivity index (χ2v) is 6.25. The fourth-order valence-corrected chi connectivity index (χ4v) is 3.98. The molecule has 4 rings (SSSR count). The highest BCUT2D eigenvalue weighted by molar-refractivity contribution is 5.71. The van der Waals surface area contributed by atoms with Gasteiger partial charge in [0, 0.05) is 19.3 Å². The fourth-order valence-electron chi connectivity index (χ4n) is 3.98. The second kappa shape index (κ2) is 5.39. The molecule has 0 bridgehead atoms. The van der Waals surface area contributed by atoms with Gasteiger partial charge in [-0.2, -0.15) is 0 Å². The second-order valence-electron chi connectivity index (χ2n) is 6.25. The number of pyridine rings is 1. The first kappa shape index (κ1) is 13.2. The maximum Gasteiger partial charge on any atom is 0.177 e. The molecule has 4 heterocycles. The molecule has 2 aromatic heterocycles. The Bertz CT molecular complexity index is 629. The van der Waals surface area contributed by atoms with Gasteiger partial charge >= 0.3 is 0 Å². The summed E-state index contributed by atoms with van der Waals surface area (Å²) in [5, 5.41) is 3.47. The quantitative estimate of drug-likeness (QED) is 0.915. The number of fused-ring (bicyclic) bond motifs is 1. The van der Waals surface area contributed by atoms with Crippen molar-refractivity contribution >= 4 is 11.2 Å². The van der Waals surface area contributed by atoms with E-state index in [0.29, 0.717) is 12.1 Å². The number of aromatic nitrogens is 3. The van der Waals surface area contributed by atoms with Crippen LogP contribution >= 0.6 is 0 Å². The summed E-state index contributed by atoms with van der Waals surface area (Å²) in [7, 11) is 2.13. The van der Waals surface area contributed by atoms with E-state index in [1.807, 2.05) is 12.3 Å². The van der Waals surface area contributed by atoms with Gasteiger partial charge in [-0.3, -0.25) is 4.90 Å². The van der Waals surface area contributed by atoms with Gasteiger partial charge in [-0.1, -0.05) is 0 Å². The number of imidazole rings is 1. The summed E-state index contributed by atoms with van der Waals surface area (Å²) in [4.78, 5) is 11.9. The molecule has 2 aliphatic heterocycles. The van der Waals surface area contributed by atoms with Crippen LogP contribution in [0.1, 0.15) is 37.5 Å². The Morgan fingerprint density at radius 1 is 1.24 bits per heavy atom. The molecule has 1 unspecified atom stereocenters. The summed E-state index contributed by atoms with van der Waals surface area (Å²) in [6.07, 6.45) is 6.86. The Morgan fingerprint density at radius 3 is 2.90 bits per heavy atom. The van der Waals surface area contributed by atoms with Crippen LogP contribution in [0.15, 0.2) is 18.3 Å². The number of nitrogens with one attached hydrogen (secondary N) is 1. The van der Waals surface area contributed by atoms with Gasteiger partial charge in [-0.05, 0) is 57.5 Å². The summed E-state index contributed by atoms with van der Waals surface area (Å²) in [5.41, 5.74) is 2.02. The summed E-state index contributed by atoms with van der Waals surface area (Å²) >= 11 is 0. The lowest BCUT2D eigenvalue weighted by Crippen LogP contribution is -2.43. The molecule has 0 amide bonds. The highest BCUT2D eigenvalue weighted by atomic mass is 15.3. The molecule has 1 atom stereocenters. The molecule has 1 N–H and O–H groups in total. The van der Waals surface area contributed by atoms with Crippen LogP contribution in [0.3, 0.4) is 0 Å². The van der Waals surface area contributed by atoms with E-state index in [0.717, 1.165) is 24.3 Å². The van der Waals surface area contributed by atoms with Crippen molar-refractivity contribution in [1.29, 1.82) is 0 Å². The zero-order valence-electron chi connectivity index (χ0n) is 12.6. The van der Waals surface area contributed by atoms with Crippen LogP contribution in [0.4, 0.5) is 0 Å². The monoisotopic (exact) mass is 285 g/mol. The van der Waals surface area contributed by atoms with Gasteiger partial charge in [0.2, 0.25) is 0 Å². The third-order valence-electron chi connectivity index (χ3n) is 5.06. The molecule has 2 aliphatic rings. The molecule has 0 saturated carbocycles. The minimum absolute atomic E-state index is 0.465. The van der Waals surface area contributed by atoms with Crippen LogP contribution in [0.25, 0.3) is 11.2 Å². The first-order valence-electron chi connectivity index (χ1n) is 8.08. The van der Waals surface area contributed by atoms with Gasteiger partial charge in [-0.15, -0.1) is 0 Å². The molecular weight excluding hydrogens is 262 g/mol. The van der Waals surface area contributed by atoms with Crippen LogP contribution in [0.5, 0.6) is 0 Å². The topological polar surface area (TPSA) is 46.0 Å². The minimum Gasteiger partial charge on any atom is -0.328 e. The molecule has 2 aromatic rings. The van der Waals surface area contributed by atoms with E-state index >= 15 is 0 Å². The molecule has 5 heteroatoms. The minimum atomic E-state index is 0.465. The maximum absolute atomic E-state index is 4.83. The van der Waals surface area contributed by atoms with Crippen molar-refractivity contribution in [1.82, 2.24) is 24.8 Å². The Balaban J connectivity index is 1.68. The molecule has 5 nitrogen and oxygen atoms in total. The molecular formula is C16H23N5. The lowest BCUT2D eigenvalue weighted by Gasteiger charge is -2.35. The Labute approximate surface area is 125 Å². The maximum atomic E-state index is 4.83. The highest BCUT2D eigenvalue weighted by Gasteiger charge is 2.34. The van der Waals surface area contributed by atoms with Crippen LogP contribution in [-0.2, 0) is 7.05 Å². The summed E-state index contributed by atoms with van der Waals surface area (Å²) in [5.74, 6) is 1.19. The number of likely N-dealkylation sites (tertiary alicyclic amines) is 1. The van der Waals surface area contributed by atoms with Crippen molar-refractivity contribution in [3.63, 3.8) is 0 Å². The van der Waals surface area contributed by atoms with Gasteiger partial charge in [-0.25, -0.2) is 9.97 Å². The lowest BCUT2D eigenvalue weighted by atomic mass is 10.0. The predicted octanol–water partition coefficient (Wildman–Crippen LogP) is 1.86. The first-order chi connectivity index (χ1) is 10.3. The van der Waals surface area contributed by atoms with Gasteiger partial charge in [0.15, 0.2) is 5.65 Å². The largest absolute Gasteiger partial charge is 0.328 e. The number of hydrogen-bond donors (Lipinski definition) is 1. The Kier molecular flexibility index (Phi) is 3.39. The number of aryl methyl sites for hydroxylation is 1. The Morgan fingerprint density at radius 2 is 2.10 bits per heavy atom. The van der Waals surface area contributed by atoms with Crippen LogP contribution < -0.4 is 5.32 Å². The van der Waals surface area contributed by atoms with Crippen molar-refractivity contribution < 1.29 is 0 Å². The normalized spacial score (nSPS) is 24.9. The van der Waals surface area contributed by atoms with Gasteiger partial charge in [0.1, 0.15) is 5.82 Å². The predicted molar refractivity (Wildman–Crippen MR) is 83.1 cm³/mol. The number of rotatable bonds is 2. The number of hydrogen-bond acceptors (Lipinski definition) is 4. The zero-order chi connectivity index (χ0) is 14.2. The van der Waals surface area contributed by atoms with Crippen molar-refractivity contribution in [2.24, 2.45) is 7.05 Å². The average molecular weight is 285 g/mol. The molecule has 2 saturated heterocycles. The first-order valence-corrected chi connectivity index (χ1v) is 8.08. The molecule has 0 radical (unpaired) electrons. The molecule has 2 fully saturated rings. The van der Waals surface area contributed by atoms with E-state index in [1.165, 1.54) is 38.1 Å². The number of nitrogens with zero attached hydrogens (tertiary/aromatic N) is 4. The van der Waals surface area contributed by atoms with Gasteiger partial charge in [0.25, 0.3) is 0 Å². The van der Waals surface area contributed by atoms with Crippen LogP contribution in [-0.4, -0.2) is 45.1 Å². The summed E-state index contributed by atoms with van der Waals surface area (Å²) < 4.78 is 2.24. The lowest BCUT2D eigenvalue weighted by molar-refractivity contribution is 0.142. The van der Waals surface area contributed by atoms with E-state index < -0.39 is 0 Å². The van der Waals surface area contributed by atoms with Crippen molar-refractivity contribution in [2.75, 3.05) is 19.6 Å². The summed E-state index contributed by atoms with van der Waals surface area (Å²) in [6, 6.07) is 5.29. The van der Waals surface area contributed by atoms with Gasteiger partial charge in [0.05, 0.1) is 11.6 Å². The van der Waals surface area contributed by atoms with Crippen molar-refractivity contribution in [3.8, 4) is 0 Å². The highest BCUT2D eigenvalue weighted by Crippen LogP contribution is 2.35. The zero-order valence-corrected chi connectivity index (χ0v) is 12.6. The Hall–Kier alpha value is -1.46. The summed E-state index contributed by atoms with van der Waals surface area (Å²) in [6.45, 7) is 3.52. The molecule has 112 valence electrons. The van der Waals surface area contributed by atoms with E-state index in [1.54, 1.807) is 0 Å². The molecule has 21 heavy (non-hydrogen) atoms. The van der Waals surface area contributed by atoms with Gasteiger partial charge < -0.3 is 9.88 Å². The van der Waals surface area contributed by atoms with Crippen molar-refractivity contribution in [2.45, 2.75) is 37.8 Å².